The van der Waals surface area contributed by atoms with Crippen molar-refractivity contribution in [3.63, 3.8) is 0 Å². The molecule has 0 fully saturated rings. The molecule has 166 valence electrons. The maximum absolute atomic E-state index is 5.80. The van der Waals surface area contributed by atoms with Gasteiger partial charge in [-0.3, -0.25) is 9.08 Å². The van der Waals surface area contributed by atoms with Gasteiger partial charge in [-0.2, -0.15) is 5.10 Å². The molecule has 7 heteroatoms. The molecule has 0 unspecified atom stereocenters. The van der Waals surface area contributed by atoms with Gasteiger partial charge >= 0.3 is 0 Å². The van der Waals surface area contributed by atoms with E-state index in [1.807, 2.05) is 59.6 Å². The van der Waals surface area contributed by atoms with Crippen molar-refractivity contribution >= 4 is 16.6 Å². The third-order valence-corrected chi connectivity index (χ3v) is 6.26. The molecule has 2 aromatic carbocycles. The Morgan fingerprint density at radius 1 is 0.882 bits per heavy atom. The van der Waals surface area contributed by atoms with E-state index >= 15 is 0 Å². The second-order valence-electron chi connectivity index (χ2n) is 8.41. The number of aromatic nitrogens is 6. The number of rotatable bonds is 4. The van der Waals surface area contributed by atoms with E-state index in [-0.39, 0.29) is 0 Å². The second kappa shape index (κ2) is 7.90. The normalized spacial score (nSPS) is 11.5. The van der Waals surface area contributed by atoms with E-state index in [1.165, 1.54) is 0 Å². The first-order valence-corrected chi connectivity index (χ1v) is 11.2. The molecule has 0 bridgehead atoms. The fourth-order valence-corrected chi connectivity index (χ4v) is 4.30. The van der Waals surface area contributed by atoms with Crippen molar-refractivity contribution in [2.45, 2.75) is 13.5 Å². The van der Waals surface area contributed by atoms with Crippen molar-refractivity contribution in [3.8, 4) is 33.9 Å². The van der Waals surface area contributed by atoms with E-state index in [0.717, 1.165) is 55.9 Å². The summed E-state index contributed by atoms with van der Waals surface area (Å²) >= 11 is 0. The Balaban J connectivity index is 1.60. The monoisotopic (exact) mass is 445 g/mol. The van der Waals surface area contributed by atoms with Gasteiger partial charge in [-0.15, -0.1) is 10.2 Å². The van der Waals surface area contributed by atoms with Gasteiger partial charge in [0.05, 0.1) is 11.2 Å². The molecule has 34 heavy (non-hydrogen) atoms. The molecule has 6 aromatic rings. The topological polar surface area (TPSA) is 86.9 Å². The molecule has 4 heterocycles. The molecule has 0 spiro atoms. The number of nitrogens with zero attached hydrogens (tertiary/aromatic N) is 6. The highest BCUT2D eigenvalue weighted by Crippen LogP contribution is 2.35. The van der Waals surface area contributed by atoms with E-state index in [2.05, 4.69) is 57.8 Å². The lowest BCUT2D eigenvalue weighted by Crippen LogP contribution is -1.97. The number of nitrogens with two attached hydrogens (primary N) is 1. The minimum Gasteiger partial charge on any atom is -0.326 e. The fraction of sp³-hybridized carbons (Fsp3) is 0.111. The lowest BCUT2D eigenvalue weighted by Gasteiger charge is -2.12. The molecule has 0 saturated heterocycles. The maximum atomic E-state index is 5.80. The standard InChI is InChI=1S/C27H23N7/c1-17-14-24(32-33(17)2)27-31-30-26-22-15-21(19-6-4-3-5-7-19)25(29-23(22)12-13-34(26)27)20-10-8-18(16-28)9-11-20/h3-15H,16,28H2,1-2H3. The van der Waals surface area contributed by atoms with Gasteiger partial charge in [0.1, 0.15) is 5.69 Å². The third kappa shape index (κ3) is 3.25. The number of hydrogen-bond acceptors (Lipinski definition) is 5. The third-order valence-electron chi connectivity index (χ3n) is 6.26. The molecule has 7 nitrogen and oxygen atoms in total. The summed E-state index contributed by atoms with van der Waals surface area (Å²) < 4.78 is 3.82. The van der Waals surface area contributed by atoms with Crippen LogP contribution in [0.5, 0.6) is 0 Å². The van der Waals surface area contributed by atoms with Crippen LogP contribution < -0.4 is 5.73 Å². The number of pyridine rings is 2. The highest BCUT2D eigenvalue weighted by atomic mass is 15.3. The molecule has 0 saturated carbocycles. The summed E-state index contributed by atoms with van der Waals surface area (Å²) in [6.07, 6.45) is 1.97. The van der Waals surface area contributed by atoms with Crippen molar-refractivity contribution in [1.29, 1.82) is 0 Å². The first kappa shape index (κ1) is 20.3. The predicted octanol–water partition coefficient (Wildman–Crippen LogP) is 4.78. The molecule has 4 aromatic heterocycles. The van der Waals surface area contributed by atoms with E-state index in [9.17, 15) is 0 Å². The van der Waals surface area contributed by atoms with Crippen molar-refractivity contribution in [3.05, 3.63) is 90.3 Å². The van der Waals surface area contributed by atoms with Crippen LogP contribution in [-0.2, 0) is 13.6 Å². The van der Waals surface area contributed by atoms with Gasteiger partial charge in [-0.05, 0) is 36.2 Å². The van der Waals surface area contributed by atoms with Crippen molar-refractivity contribution in [1.82, 2.24) is 29.4 Å². The van der Waals surface area contributed by atoms with Crippen molar-refractivity contribution in [2.24, 2.45) is 12.8 Å². The van der Waals surface area contributed by atoms with E-state index in [1.54, 1.807) is 0 Å². The summed E-state index contributed by atoms with van der Waals surface area (Å²) in [5, 5.41) is 14.5. The summed E-state index contributed by atoms with van der Waals surface area (Å²) in [4.78, 5) is 5.10. The Labute approximate surface area is 196 Å². The Bertz CT molecular complexity index is 1620. The second-order valence-corrected chi connectivity index (χ2v) is 8.41. The molecule has 6 rings (SSSR count). The van der Waals surface area contributed by atoms with Crippen LogP contribution >= 0.6 is 0 Å². The van der Waals surface area contributed by atoms with Gasteiger partial charge in [-0.25, -0.2) is 4.98 Å². The Morgan fingerprint density at radius 3 is 2.38 bits per heavy atom. The number of aryl methyl sites for hydroxylation is 2. The highest BCUT2D eigenvalue weighted by Gasteiger charge is 2.17. The number of fused-ring (bicyclic) bond motifs is 3. The number of hydrogen-bond donors (Lipinski definition) is 1. The highest BCUT2D eigenvalue weighted by molar-refractivity contribution is 5.98. The van der Waals surface area contributed by atoms with E-state index in [0.29, 0.717) is 12.4 Å². The Morgan fingerprint density at radius 2 is 1.68 bits per heavy atom. The Hall–Kier alpha value is -4.36. The van der Waals surface area contributed by atoms with Crippen molar-refractivity contribution < 1.29 is 0 Å². The molecular formula is C27H23N7. The summed E-state index contributed by atoms with van der Waals surface area (Å²) in [6.45, 7) is 2.53. The minimum atomic E-state index is 0.514. The molecule has 0 aliphatic carbocycles. The van der Waals surface area contributed by atoms with Crippen LogP contribution in [0.2, 0.25) is 0 Å². The van der Waals surface area contributed by atoms with Gasteiger partial charge in [0, 0.05) is 42.0 Å². The molecule has 0 atom stereocenters. The molecule has 0 aliphatic heterocycles. The summed E-state index contributed by atoms with van der Waals surface area (Å²) in [6, 6.07) is 24.8. The lowest BCUT2D eigenvalue weighted by atomic mass is 9.97. The maximum Gasteiger partial charge on any atom is 0.188 e. The summed E-state index contributed by atoms with van der Waals surface area (Å²) in [5.41, 5.74) is 14.5. The number of benzene rings is 2. The van der Waals surface area contributed by atoms with Crippen LogP contribution in [0.3, 0.4) is 0 Å². The minimum absolute atomic E-state index is 0.514. The lowest BCUT2D eigenvalue weighted by molar-refractivity contribution is 0.741. The van der Waals surface area contributed by atoms with Gasteiger partial charge in [0.2, 0.25) is 0 Å². The average Bonchev–Trinajstić information content (AvgIpc) is 3.46. The van der Waals surface area contributed by atoms with Gasteiger partial charge in [0.25, 0.3) is 0 Å². The van der Waals surface area contributed by atoms with Crippen LogP contribution in [0, 0.1) is 6.92 Å². The molecule has 0 amide bonds. The zero-order chi connectivity index (χ0) is 23.2. The van der Waals surface area contributed by atoms with Gasteiger partial charge in [0.15, 0.2) is 11.5 Å². The fourth-order valence-electron chi connectivity index (χ4n) is 4.30. The molecule has 0 aliphatic rings. The van der Waals surface area contributed by atoms with Gasteiger partial charge in [-0.1, -0.05) is 54.6 Å². The largest absolute Gasteiger partial charge is 0.326 e. The van der Waals surface area contributed by atoms with E-state index < -0.39 is 0 Å². The average molecular weight is 446 g/mol. The van der Waals surface area contributed by atoms with E-state index in [4.69, 9.17) is 10.7 Å². The Kier molecular flexibility index (Phi) is 4.71. The molecule has 0 radical (unpaired) electrons. The zero-order valence-corrected chi connectivity index (χ0v) is 19.0. The van der Waals surface area contributed by atoms with Gasteiger partial charge < -0.3 is 5.73 Å². The van der Waals surface area contributed by atoms with Crippen LogP contribution in [0.1, 0.15) is 11.3 Å². The predicted molar refractivity (Wildman–Crippen MR) is 134 cm³/mol. The van der Waals surface area contributed by atoms with Crippen LogP contribution in [0.15, 0.2) is 79.0 Å². The smallest absolute Gasteiger partial charge is 0.188 e. The molecule has 2 N–H and O–H groups in total. The zero-order valence-electron chi connectivity index (χ0n) is 19.0. The molecular weight excluding hydrogens is 422 g/mol. The first-order valence-electron chi connectivity index (χ1n) is 11.2. The van der Waals surface area contributed by atoms with Crippen LogP contribution in [0.25, 0.3) is 50.5 Å². The van der Waals surface area contributed by atoms with Crippen LogP contribution in [-0.4, -0.2) is 29.4 Å². The first-order chi connectivity index (χ1) is 16.6. The van der Waals surface area contributed by atoms with Crippen molar-refractivity contribution in [2.75, 3.05) is 0 Å². The van der Waals surface area contributed by atoms with Crippen LogP contribution in [0.4, 0.5) is 0 Å². The SMILES string of the molecule is Cc1cc(-c2nnc3c4cc(-c5ccccc5)c(-c5ccc(CN)cc5)nc4ccn23)nn1C. The summed E-state index contributed by atoms with van der Waals surface area (Å²) in [7, 11) is 1.93. The quantitative estimate of drug-likeness (QED) is 0.422. The summed E-state index contributed by atoms with van der Waals surface area (Å²) in [5.74, 6) is 0.711.